The van der Waals surface area contributed by atoms with Crippen LogP contribution in [0.25, 0.3) is 60.9 Å². The summed E-state index contributed by atoms with van der Waals surface area (Å²) in [5, 5.41) is 2.66. The lowest BCUT2D eigenvalue weighted by atomic mass is 9.68. The zero-order valence-corrected chi connectivity index (χ0v) is 34.6. The molecule has 59 heavy (non-hydrogen) atoms. The van der Waals surface area contributed by atoms with Crippen LogP contribution in [-0.2, 0) is 16.2 Å². The van der Waals surface area contributed by atoms with Crippen LogP contribution >= 0.6 is 0 Å². The minimum absolute atomic E-state index is 0.0794. The summed E-state index contributed by atoms with van der Waals surface area (Å²) in [7, 11) is 0. The van der Waals surface area contributed by atoms with Crippen molar-refractivity contribution in [1.29, 1.82) is 0 Å². The maximum atomic E-state index is 2.63. The molecule has 2 aliphatic heterocycles. The monoisotopic (exact) mass is 758 g/mol. The van der Waals surface area contributed by atoms with E-state index in [9.17, 15) is 0 Å². The molecule has 2 nitrogen and oxygen atoms in total. The Balaban J connectivity index is 1.05. The summed E-state index contributed by atoms with van der Waals surface area (Å²) in [6.45, 7) is 14.4. The molecule has 0 radical (unpaired) electrons. The van der Waals surface area contributed by atoms with Gasteiger partial charge in [0.05, 0.1) is 16.7 Å². The molecular formula is C57H46N2. The number of hydrogen-bond acceptors (Lipinski definition) is 1. The van der Waals surface area contributed by atoms with Crippen molar-refractivity contribution in [2.75, 3.05) is 4.90 Å². The number of hydrogen-bond donors (Lipinski definition) is 0. The second kappa shape index (κ2) is 11.7. The van der Waals surface area contributed by atoms with E-state index in [-0.39, 0.29) is 16.2 Å². The van der Waals surface area contributed by atoms with Gasteiger partial charge in [0.1, 0.15) is 0 Å². The standard InChI is InChI=1S/C57H46N2/c1-55(2)46-21-14-13-20-42(46)43-29-28-41(34-49(43)55)58(39-18-11-8-12-19-39)40-26-24-36(25-27-40)38-31-45-44-30-37(35-16-9-7-10-17-35)32-50-52(44)59-53(45)51(33-38)57(5,6)48-23-15-22-47(54(48)59)56(50,3)4/h7-34H,1-6H3. The fraction of sp³-hybridized carbons (Fsp3) is 0.158. The first-order valence-electron chi connectivity index (χ1n) is 21.1. The molecule has 0 saturated carbocycles. The highest BCUT2D eigenvalue weighted by Crippen LogP contribution is 2.57. The molecular weight excluding hydrogens is 713 g/mol. The smallest absolute Gasteiger partial charge is 0.0582 e. The summed E-state index contributed by atoms with van der Waals surface area (Å²) in [6.07, 6.45) is 0. The lowest BCUT2D eigenvalue weighted by Crippen LogP contribution is -2.33. The average Bonchev–Trinajstić information content (AvgIpc) is 3.71. The predicted octanol–water partition coefficient (Wildman–Crippen LogP) is 15.2. The van der Waals surface area contributed by atoms with E-state index in [0.717, 1.165) is 11.4 Å². The fourth-order valence-corrected chi connectivity index (χ4v) is 11.2. The second-order valence-corrected chi connectivity index (χ2v) is 18.6. The first kappa shape index (κ1) is 34.4. The van der Waals surface area contributed by atoms with Gasteiger partial charge in [-0.15, -0.1) is 0 Å². The average molecular weight is 759 g/mol. The van der Waals surface area contributed by atoms with Gasteiger partial charge in [-0.25, -0.2) is 0 Å². The molecule has 0 fully saturated rings. The number of para-hydroxylation sites is 2. The van der Waals surface area contributed by atoms with Crippen molar-refractivity contribution in [2.24, 2.45) is 0 Å². The number of anilines is 3. The summed E-state index contributed by atoms with van der Waals surface area (Å²) >= 11 is 0. The highest BCUT2D eigenvalue weighted by atomic mass is 15.1. The summed E-state index contributed by atoms with van der Waals surface area (Å²) in [6, 6.07) is 63.8. The Bertz CT molecular complexity index is 3210. The molecule has 0 unspecified atom stereocenters. The van der Waals surface area contributed by atoms with Crippen LogP contribution in [0.3, 0.4) is 0 Å². The van der Waals surface area contributed by atoms with Gasteiger partial charge in [-0.3, -0.25) is 0 Å². The lowest BCUT2D eigenvalue weighted by Gasteiger charge is -2.42. The number of benzene rings is 8. The Kier molecular flexibility index (Phi) is 6.84. The van der Waals surface area contributed by atoms with Crippen LogP contribution < -0.4 is 4.90 Å². The molecule has 284 valence electrons. The molecule has 2 heteroatoms. The first-order valence-corrected chi connectivity index (χ1v) is 21.1. The van der Waals surface area contributed by atoms with Crippen LogP contribution in [0.15, 0.2) is 170 Å². The molecule has 0 atom stereocenters. The Morgan fingerprint density at radius 3 is 1.44 bits per heavy atom. The number of nitrogens with zero attached hydrogens (tertiary/aromatic N) is 2. The van der Waals surface area contributed by atoms with E-state index in [4.69, 9.17) is 0 Å². The summed E-state index contributed by atoms with van der Waals surface area (Å²) < 4.78 is 2.63. The number of rotatable bonds is 5. The van der Waals surface area contributed by atoms with E-state index in [2.05, 4.69) is 221 Å². The van der Waals surface area contributed by atoms with Crippen molar-refractivity contribution in [1.82, 2.24) is 4.57 Å². The van der Waals surface area contributed by atoms with E-state index >= 15 is 0 Å². The molecule has 0 N–H and O–H groups in total. The highest BCUT2D eigenvalue weighted by molar-refractivity contribution is 6.16. The maximum Gasteiger partial charge on any atom is 0.0582 e. The van der Waals surface area contributed by atoms with Gasteiger partial charge < -0.3 is 9.47 Å². The van der Waals surface area contributed by atoms with E-state index in [1.54, 1.807) is 0 Å². The highest BCUT2D eigenvalue weighted by Gasteiger charge is 2.44. The van der Waals surface area contributed by atoms with Crippen LogP contribution in [0.2, 0.25) is 0 Å². The Hall–Kier alpha value is -6.64. The van der Waals surface area contributed by atoms with Gasteiger partial charge in [-0.05, 0) is 127 Å². The van der Waals surface area contributed by atoms with Gasteiger partial charge in [-0.2, -0.15) is 0 Å². The van der Waals surface area contributed by atoms with Crippen LogP contribution in [0.1, 0.15) is 74.9 Å². The SMILES string of the molecule is CC1(C)c2ccccc2-c2ccc(N(c3ccccc3)c3ccc(-c4cc5c6c(c4)c4cc(-c7ccccc7)cc7c4n6-c4c(cccc4C5(C)C)C7(C)C)cc3)cc21. The predicted molar refractivity (Wildman–Crippen MR) is 248 cm³/mol. The third-order valence-electron chi connectivity index (χ3n) is 14.3. The van der Waals surface area contributed by atoms with Crippen molar-refractivity contribution >= 4 is 38.9 Å². The molecule has 0 amide bonds. The second-order valence-electron chi connectivity index (χ2n) is 18.6. The van der Waals surface area contributed by atoms with Gasteiger partial charge in [0.25, 0.3) is 0 Å². The van der Waals surface area contributed by atoms with Gasteiger partial charge in [0.2, 0.25) is 0 Å². The minimum Gasteiger partial charge on any atom is -0.310 e. The summed E-state index contributed by atoms with van der Waals surface area (Å²) in [5.74, 6) is 0. The van der Waals surface area contributed by atoms with Gasteiger partial charge in [0.15, 0.2) is 0 Å². The lowest BCUT2D eigenvalue weighted by molar-refractivity contribution is 0.594. The van der Waals surface area contributed by atoms with Gasteiger partial charge >= 0.3 is 0 Å². The third kappa shape index (κ3) is 4.58. The van der Waals surface area contributed by atoms with Gasteiger partial charge in [-0.1, -0.05) is 151 Å². The van der Waals surface area contributed by atoms with Crippen molar-refractivity contribution in [3.63, 3.8) is 0 Å². The van der Waals surface area contributed by atoms with Crippen molar-refractivity contribution in [3.05, 3.63) is 203 Å². The quantitative estimate of drug-likeness (QED) is 0.170. The molecule has 8 aromatic carbocycles. The van der Waals surface area contributed by atoms with Crippen LogP contribution in [-0.4, -0.2) is 4.57 Å². The topological polar surface area (TPSA) is 8.17 Å². The molecule has 9 aromatic rings. The largest absolute Gasteiger partial charge is 0.310 e. The van der Waals surface area contributed by atoms with Crippen molar-refractivity contribution in [2.45, 2.75) is 57.8 Å². The van der Waals surface area contributed by atoms with Gasteiger partial charge in [0, 0.05) is 44.1 Å². The van der Waals surface area contributed by atoms with Crippen LogP contribution in [0.5, 0.6) is 0 Å². The van der Waals surface area contributed by atoms with Crippen molar-refractivity contribution < 1.29 is 0 Å². The molecule has 0 bridgehead atoms. The third-order valence-corrected chi connectivity index (χ3v) is 14.3. The first-order chi connectivity index (χ1) is 28.5. The molecule has 0 saturated heterocycles. The summed E-state index contributed by atoms with van der Waals surface area (Å²) in [4.78, 5) is 2.41. The van der Waals surface area contributed by atoms with E-state index in [1.807, 2.05) is 0 Å². The molecule has 0 spiro atoms. The Labute approximate surface area is 347 Å². The summed E-state index contributed by atoms with van der Waals surface area (Å²) in [5.41, 5.74) is 23.1. The normalized spacial score (nSPS) is 15.7. The Morgan fingerprint density at radius 2 is 0.814 bits per heavy atom. The zero-order valence-electron chi connectivity index (χ0n) is 34.6. The molecule has 1 aromatic heterocycles. The van der Waals surface area contributed by atoms with E-state index in [1.165, 1.54) is 99.9 Å². The maximum absolute atomic E-state index is 2.63. The number of aromatic nitrogens is 1. The fourth-order valence-electron chi connectivity index (χ4n) is 11.2. The number of fused-ring (bicyclic) bond motifs is 4. The molecule has 3 aliphatic rings. The van der Waals surface area contributed by atoms with Crippen molar-refractivity contribution in [3.8, 4) is 39.1 Å². The minimum atomic E-state index is -0.190. The zero-order chi connectivity index (χ0) is 40.0. The Morgan fingerprint density at radius 1 is 0.339 bits per heavy atom. The molecule has 12 rings (SSSR count). The van der Waals surface area contributed by atoms with Crippen LogP contribution in [0.4, 0.5) is 17.1 Å². The van der Waals surface area contributed by atoms with E-state index in [0.29, 0.717) is 0 Å². The van der Waals surface area contributed by atoms with E-state index < -0.39 is 0 Å². The molecule has 3 heterocycles. The molecule has 1 aliphatic carbocycles. The van der Waals surface area contributed by atoms with Crippen LogP contribution in [0, 0.1) is 0 Å².